The zero-order valence-electron chi connectivity index (χ0n) is 15.0. The average molecular weight is 352 g/mol. The number of nitrogens with zero attached hydrogens (tertiary/aromatic N) is 2. The van der Waals surface area contributed by atoms with Crippen LogP contribution in [0.2, 0.25) is 0 Å². The topological polar surface area (TPSA) is 57.7 Å². The molecule has 0 aromatic heterocycles. The number of hydrogen-bond acceptors (Lipinski definition) is 3. The van der Waals surface area contributed by atoms with Gasteiger partial charge in [-0.05, 0) is 49.8 Å². The van der Waals surface area contributed by atoms with Crippen molar-refractivity contribution in [2.45, 2.75) is 46.1 Å². The molecule has 1 aliphatic rings. The van der Waals surface area contributed by atoms with Gasteiger partial charge in [-0.15, -0.1) is 0 Å². The molecule has 0 radical (unpaired) electrons. The molecule has 0 bridgehead atoms. The molecule has 1 amide bonds. The minimum atomic E-state index is -3.55. The van der Waals surface area contributed by atoms with Gasteiger partial charge in [0.25, 0.3) is 0 Å². The Morgan fingerprint density at radius 1 is 1.25 bits per heavy atom. The number of piperidine rings is 1. The highest BCUT2D eigenvalue weighted by molar-refractivity contribution is 7.92. The van der Waals surface area contributed by atoms with E-state index in [9.17, 15) is 13.2 Å². The number of benzene rings is 1. The van der Waals surface area contributed by atoms with Crippen molar-refractivity contribution in [2.75, 3.05) is 23.7 Å². The normalized spacial score (nSPS) is 17.6. The first-order chi connectivity index (χ1) is 11.2. The van der Waals surface area contributed by atoms with Crippen LogP contribution >= 0.6 is 0 Å². The van der Waals surface area contributed by atoms with Crippen molar-refractivity contribution in [3.63, 3.8) is 0 Å². The van der Waals surface area contributed by atoms with Crippen LogP contribution in [0.1, 0.15) is 39.2 Å². The average Bonchev–Trinajstić information content (AvgIpc) is 2.54. The molecule has 1 aromatic rings. The number of sulfonamides is 1. The zero-order chi connectivity index (χ0) is 17.9. The van der Waals surface area contributed by atoms with Gasteiger partial charge in [0.05, 0.1) is 11.9 Å². The smallest absolute Gasteiger partial charge is 0.246 e. The summed E-state index contributed by atoms with van der Waals surface area (Å²) in [5.41, 5.74) is 1.68. The fraction of sp³-hybridized carbons (Fsp3) is 0.611. The molecule has 0 aliphatic carbocycles. The van der Waals surface area contributed by atoms with Crippen LogP contribution in [0, 0.1) is 5.92 Å². The van der Waals surface area contributed by atoms with E-state index in [1.54, 1.807) is 24.0 Å². The van der Waals surface area contributed by atoms with E-state index in [0.29, 0.717) is 24.7 Å². The van der Waals surface area contributed by atoms with Crippen molar-refractivity contribution in [2.24, 2.45) is 5.92 Å². The van der Waals surface area contributed by atoms with Crippen molar-refractivity contribution in [1.82, 2.24) is 4.90 Å². The molecular formula is C18H28N2O3S. The third-order valence-electron chi connectivity index (χ3n) is 4.76. The SMILES string of the molecule is CCc1ccc(N([C@@H](C)C(=O)N2CCC(C)CC2)S(C)(=O)=O)cc1. The lowest BCUT2D eigenvalue weighted by atomic mass is 9.99. The molecular weight excluding hydrogens is 324 g/mol. The van der Waals surface area contributed by atoms with E-state index in [1.165, 1.54) is 4.31 Å². The molecule has 1 aromatic carbocycles. The fourth-order valence-corrected chi connectivity index (χ4v) is 4.34. The summed E-state index contributed by atoms with van der Waals surface area (Å²) in [7, 11) is -3.55. The molecule has 1 atom stereocenters. The molecule has 1 aliphatic heterocycles. The maximum Gasteiger partial charge on any atom is 0.246 e. The van der Waals surface area contributed by atoms with E-state index in [4.69, 9.17) is 0 Å². The van der Waals surface area contributed by atoms with Crippen LogP contribution in [0.15, 0.2) is 24.3 Å². The zero-order valence-corrected chi connectivity index (χ0v) is 15.8. The van der Waals surface area contributed by atoms with Gasteiger partial charge in [-0.1, -0.05) is 26.0 Å². The Labute approximate surface area is 145 Å². The van der Waals surface area contributed by atoms with Gasteiger partial charge in [-0.3, -0.25) is 9.10 Å². The minimum Gasteiger partial charge on any atom is -0.341 e. The second-order valence-electron chi connectivity index (χ2n) is 6.76. The summed E-state index contributed by atoms with van der Waals surface area (Å²) in [6.07, 6.45) is 3.99. The van der Waals surface area contributed by atoms with Crippen molar-refractivity contribution >= 4 is 21.6 Å². The summed E-state index contributed by atoms with van der Waals surface area (Å²) in [5.74, 6) is 0.504. The summed E-state index contributed by atoms with van der Waals surface area (Å²) in [5, 5.41) is 0. The molecule has 0 spiro atoms. The van der Waals surface area contributed by atoms with Gasteiger partial charge in [0.1, 0.15) is 6.04 Å². The van der Waals surface area contributed by atoms with E-state index >= 15 is 0 Å². The van der Waals surface area contributed by atoms with Crippen LogP contribution < -0.4 is 4.31 Å². The number of anilines is 1. The van der Waals surface area contributed by atoms with Crippen molar-refractivity contribution in [3.05, 3.63) is 29.8 Å². The van der Waals surface area contributed by atoms with Crippen molar-refractivity contribution in [1.29, 1.82) is 0 Å². The third kappa shape index (κ3) is 4.29. The van der Waals surface area contributed by atoms with Crippen LogP contribution in [-0.4, -0.2) is 44.6 Å². The van der Waals surface area contributed by atoms with Crippen LogP contribution in [0.5, 0.6) is 0 Å². The maximum atomic E-state index is 12.8. The van der Waals surface area contributed by atoms with Gasteiger partial charge < -0.3 is 4.90 Å². The van der Waals surface area contributed by atoms with Crippen LogP contribution in [0.25, 0.3) is 0 Å². The predicted molar refractivity (Wildman–Crippen MR) is 97.6 cm³/mol. The first kappa shape index (κ1) is 18.8. The van der Waals surface area contributed by atoms with E-state index < -0.39 is 16.1 Å². The van der Waals surface area contributed by atoms with Crippen molar-refractivity contribution in [3.8, 4) is 0 Å². The van der Waals surface area contributed by atoms with E-state index in [-0.39, 0.29) is 5.91 Å². The number of likely N-dealkylation sites (tertiary alicyclic amines) is 1. The molecule has 0 saturated carbocycles. The summed E-state index contributed by atoms with van der Waals surface area (Å²) in [6, 6.07) is 6.64. The fourth-order valence-electron chi connectivity index (χ4n) is 3.17. The number of hydrogen-bond donors (Lipinski definition) is 0. The number of aryl methyl sites for hydroxylation is 1. The molecule has 24 heavy (non-hydrogen) atoms. The summed E-state index contributed by atoms with van der Waals surface area (Å²) >= 11 is 0. The molecule has 0 unspecified atom stereocenters. The number of amides is 1. The lowest BCUT2D eigenvalue weighted by Crippen LogP contribution is -2.51. The number of carbonyl (C=O) groups is 1. The Bertz CT molecular complexity index is 662. The molecule has 6 heteroatoms. The highest BCUT2D eigenvalue weighted by Gasteiger charge is 2.33. The van der Waals surface area contributed by atoms with Crippen LogP contribution in [0.3, 0.4) is 0 Å². The first-order valence-electron chi connectivity index (χ1n) is 8.61. The molecule has 2 rings (SSSR count). The Balaban J connectivity index is 2.25. The second kappa shape index (κ2) is 7.55. The van der Waals surface area contributed by atoms with Crippen molar-refractivity contribution < 1.29 is 13.2 Å². The largest absolute Gasteiger partial charge is 0.341 e. The molecule has 1 saturated heterocycles. The van der Waals surface area contributed by atoms with E-state index in [0.717, 1.165) is 31.1 Å². The third-order valence-corrected chi connectivity index (χ3v) is 6.00. The molecule has 0 N–H and O–H groups in total. The molecule has 5 nitrogen and oxygen atoms in total. The van der Waals surface area contributed by atoms with E-state index in [1.807, 2.05) is 19.1 Å². The Morgan fingerprint density at radius 2 is 1.79 bits per heavy atom. The lowest BCUT2D eigenvalue weighted by Gasteiger charge is -2.36. The molecule has 1 heterocycles. The minimum absolute atomic E-state index is 0.119. The Morgan fingerprint density at radius 3 is 2.25 bits per heavy atom. The van der Waals surface area contributed by atoms with Gasteiger partial charge in [-0.2, -0.15) is 0 Å². The maximum absolute atomic E-state index is 12.8. The summed E-state index contributed by atoms with van der Waals surface area (Å²) in [4.78, 5) is 14.6. The highest BCUT2D eigenvalue weighted by atomic mass is 32.2. The predicted octanol–water partition coefficient (Wildman–Crippen LogP) is 2.66. The first-order valence-corrected chi connectivity index (χ1v) is 10.5. The van der Waals surface area contributed by atoms with Crippen LogP contribution in [-0.2, 0) is 21.2 Å². The molecule has 1 fully saturated rings. The van der Waals surface area contributed by atoms with Gasteiger partial charge in [-0.25, -0.2) is 8.42 Å². The Hall–Kier alpha value is -1.56. The van der Waals surface area contributed by atoms with Gasteiger partial charge in [0.2, 0.25) is 15.9 Å². The standard InChI is InChI=1S/C18H28N2O3S/c1-5-16-6-8-17(9-7-16)20(24(4,22)23)15(3)18(21)19-12-10-14(2)11-13-19/h6-9,14-15H,5,10-13H2,1-4H3/t15-/m0/s1. The van der Waals surface area contributed by atoms with Gasteiger partial charge in [0, 0.05) is 13.1 Å². The summed E-state index contributed by atoms with van der Waals surface area (Å²) in [6.45, 7) is 7.32. The van der Waals surface area contributed by atoms with Gasteiger partial charge >= 0.3 is 0 Å². The Kier molecular flexibility index (Phi) is 5.91. The number of carbonyl (C=O) groups excluding carboxylic acids is 1. The van der Waals surface area contributed by atoms with E-state index in [2.05, 4.69) is 6.92 Å². The summed E-state index contributed by atoms with van der Waals surface area (Å²) < 4.78 is 25.9. The highest BCUT2D eigenvalue weighted by Crippen LogP contribution is 2.24. The quantitative estimate of drug-likeness (QED) is 0.818. The lowest BCUT2D eigenvalue weighted by molar-refractivity contribution is -0.133. The monoisotopic (exact) mass is 352 g/mol. The second-order valence-corrected chi connectivity index (χ2v) is 8.62. The van der Waals surface area contributed by atoms with Crippen LogP contribution in [0.4, 0.5) is 5.69 Å². The number of rotatable bonds is 5. The van der Waals surface area contributed by atoms with Gasteiger partial charge in [0.15, 0.2) is 0 Å². The molecule has 134 valence electrons.